The molecule has 0 atom stereocenters. The van der Waals surface area contributed by atoms with Crippen molar-refractivity contribution in [3.8, 4) is 11.4 Å². The molecule has 0 bridgehead atoms. The molecule has 0 spiro atoms. The Bertz CT molecular complexity index is 593. The van der Waals surface area contributed by atoms with Crippen LogP contribution in [0.15, 0.2) is 24.5 Å². The highest BCUT2D eigenvalue weighted by atomic mass is 127. The van der Waals surface area contributed by atoms with Gasteiger partial charge in [0.05, 0.1) is 5.69 Å². The molecule has 2 rings (SSSR count). The van der Waals surface area contributed by atoms with Gasteiger partial charge in [0, 0.05) is 32.6 Å². The van der Waals surface area contributed by atoms with Crippen LogP contribution in [0.4, 0.5) is 0 Å². The molecule has 0 amide bonds. The summed E-state index contributed by atoms with van der Waals surface area (Å²) in [5.41, 5.74) is 2.17. The average molecular weight is 415 g/mol. The highest BCUT2D eigenvalue weighted by molar-refractivity contribution is 14.1. The number of halogens is 1. The molecule has 2 aromatic heterocycles. The van der Waals surface area contributed by atoms with Gasteiger partial charge < -0.3 is 9.30 Å². The summed E-state index contributed by atoms with van der Waals surface area (Å²) < 4.78 is 9.03. The van der Waals surface area contributed by atoms with Crippen LogP contribution in [0.5, 0.6) is 0 Å². The number of imidazole rings is 1. The number of rotatable bonds is 6. The molecule has 0 aromatic carbocycles. The Labute approximate surface area is 141 Å². The van der Waals surface area contributed by atoms with Gasteiger partial charge in [-0.2, -0.15) is 0 Å². The summed E-state index contributed by atoms with van der Waals surface area (Å²) in [5, 5.41) is 0. The third-order valence-electron chi connectivity index (χ3n) is 3.30. The summed E-state index contributed by atoms with van der Waals surface area (Å²) in [4.78, 5) is 8.83. The molecule has 0 fully saturated rings. The fourth-order valence-corrected chi connectivity index (χ4v) is 3.19. The zero-order chi connectivity index (χ0) is 15.5. The van der Waals surface area contributed by atoms with E-state index < -0.39 is 8.07 Å². The molecule has 0 radical (unpaired) electrons. The zero-order valence-corrected chi connectivity index (χ0v) is 16.2. The molecule has 114 valence electrons. The number of aromatic nitrogens is 3. The number of hydrogen-bond donors (Lipinski definition) is 0. The van der Waals surface area contributed by atoms with Gasteiger partial charge in [-0.15, -0.1) is 0 Å². The lowest BCUT2D eigenvalue weighted by Gasteiger charge is -2.16. The van der Waals surface area contributed by atoms with Crippen molar-refractivity contribution >= 4 is 30.7 Å². The Hall–Kier alpha value is -0.733. The summed E-state index contributed by atoms with van der Waals surface area (Å²) in [5.74, 6) is 0.929. The first kappa shape index (κ1) is 16.6. The Balaban J connectivity index is 2.12. The van der Waals surface area contributed by atoms with E-state index in [1.807, 2.05) is 18.3 Å². The minimum absolute atomic E-state index is 0.552. The fraction of sp³-hybridized carbons (Fsp3) is 0.467. The molecule has 21 heavy (non-hydrogen) atoms. The smallest absolute Gasteiger partial charge is 0.144 e. The largest absolute Gasteiger partial charge is 0.361 e. The summed E-state index contributed by atoms with van der Waals surface area (Å²) in [6, 6.07) is 5.14. The number of nitrogens with zero attached hydrogens (tertiary/aromatic N) is 3. The Morgan fingerprint density at radius 2 is 2.10 bits per heavy atom. The lowest BCUT2D eigenvalue weighted by Crippen LogP contribution is -2.22. The van der Waals surface area contributed by atoms with Crippen LogP contribution in [-0.4, -0.2) is 29.2 Å². The van der Waals surface area contributed by atoms with Crippen LogP contribution in [0, 0.1) is 10.6 Å². The lowest BCUT2D eigenvalue weighted by molar-refractivity contribution is 0.0870. The van der Waals surface area contributed by atoms with E-state index in [0.717, 1.165) is 27.4 Å². The summed E-state index contributed by atoms with van der Waals surface area (Å²) in [6.45, 7) is 10.5. The van der Waals surface area contributed by atoms with Crippen LogP contribution in [0.1, 0.15) is 5.69 Å². The molecular formula is C15H22IN3OSi. The van der Waals surface area contributed by atoms with E-state index in [1.165, 1.54) is 6.04 Å². The van der Waals surface area contributed by atoms with Crippen molar-refractivity contribution in [2.45, 2.75) is 39.3 Å². The molecular weight excluding hydrogens is 393 g/mol. The van der Waals surface area contributed by atoms with Crippen LogP contribution in [0.25, 0.3) is 11.4 Å². The molecule has 0 aliphatic carbocycles. The number of hydrogen-bond acceptors (Lipinski definition) is 3. The van der Waals surface area contributed by atoms with Gasteiger partial charge in [-0.3, -0.25) is 4.98 Å². The third kappa shape index (κ3) is 4.62. The van der Waals surface area contributed by atoms with Gasteiger partial charge in [-0.1, -0.05) is 19.6 Å². The van der Waals surface area contributed by atoms with Crippen LogP contribution >= 0.6 is 22.6 Å². The van der Waals surface area contributed by atoms with Crippen molar-refractivity contribution in [1.82, 2.24) is 14.5 Å². The second-order valence-corrected chi connectivity index (χ2v) is 13.0. The maximum Gasteiger partial charge on any atom is 0.144 e. The van der Waals surface area contributed by atoms with Crippen molar-refractivity contribution in [1.29, 1.82) is 0 Å². The normalized spacial score (nSPS) is 11.9. The minimum Gasteiger partial charge on any atom is -0.361 e. The van der Waals surface area contributed by atoms with Crippen molar-refractivity contribution in [3.05, 3.63) is 33.9 Å². The van der Waals surface area contributed by atoms with E-state index in [1.54, 1.807) is 6.20 Å². The minimum atomic E-state index is -1.04. The summed E-state index contributed by atoms with van der Waals surface area (Å²) in [6.07, 6.45) is 3.62. The van der Waals surface area contributed by atoms with Crippen LogP contribution < -0.4 is 0 Å². The molecule has 6 heteroatoms. The van der Waals surface area contributed by atoms with E-state index in [2.05, 4.69) is 63.7 Å². The molecule has 0 saturated heterocycles. The summed E-state index contributed by atoms with van der Waals surface area (Å²) in [7, 11) is -1.04. The lowest BCUT2D eigenvalue weighted by atomic mass is 10.3. The first-order chi connectivity index (χ1) is 9.88. The van der Waals surface area contributed by atoms with Crippen molar-refractivity contribution < 1.29 is 4.74 Å². The molecule has 0 saturated carbocycles. The van der Waals surface area contributed by atoms with Crippen LogP contribution in [-0.2, 0) is 11.5 Å². The first-order valence-corrected chi connectivity index (χ1v) is 11.9. The van der Waals surface area contributed by atoms with Gasteiger partial charge in [0.2, 0.25) is 0 Å². The standard InChI is InChI=1S/C15H22IN3OSi/c1-12-14(16)18-15(13-6-5-7-17-10-13)19(12)11-20-8-9-21(2,3)4/h5-7,10H,8-9,11H2,1-4H3. The van der Waals surface area contributed by atoms with Gasteiger partial charge in [0.15, 0.2) is 0 Å². The third-order valence-corrected chi connectivity index (χ3v) is 6.03. The topological polar surface area (TPSA) is 39.9 Å². The van der Waals surface area contributed by atoms with Crippen LogP contribution in [0.2, 0.25) is 25.7 Å². The van der Waals surface area contributed by atoms with E-state index in [4.69, 9.17) is 4.74 Å². The second kappa shape index (κ2) is 7.02. The Morgan fingerprint density at radius 1 is 1.33 bits per heavy atom. The summed E-state index contributed by atoms with van der Waals surface area (Å²) >= 11 is 2.27. The predicted octanol–water partition coefficient (Wildman–Crippen LogP) is 4.17. The van der Waals surface area contributed by atoms with Gasteiger partial charge in [-0.25, -0.2) is 4.98 Å². The van der Waals surface area contributed by atoms with E-state index in [-0.39, 0.29) is 0 Å². The van der Waals surface area contributed by atoms with Gasteiger partial charge in [0.1, 0.15) is 16.3 Å². The highest BCUT2D eigenvalue weighted by Gasteiger charge is 2.15. The molecule has 0 aliphatic heterocycles. The van der Waals surface area contributed by atoms with E-state index in [9.17, 15) is 0 Å². The number of pyridine rings is 1. The average Bonchev–Trinajstić information content (AvgIpc) is 2.71. The molecule has 0 aliphatic rings. The SMILES string of the molecule is Cc1c(I)nc(-c2cccnc2)n1COCC[Si](C)(C)C. The van der Waals surface area contributed by atoms with Gasteiger partial charge >= 0.3 is 0 Å². The quantitative estimate of drug-likeness (QED) is 0.404. The van der Waals surface area contributed by atoms with Gasteiger partial charge in [-0.05, 0) is 47.7 Å². The number of ether oxygens (including phenoxy) is 1. The van der Waals surface area contributed by atoms with E-state index >= 15 is 0 Å². The fourth-order valence-electron chi connectivity index (χ4n) is 1.91. The molecule has 0 unspecified atom stereocenters. The first-order valence-electron chi connectivity index (χ1n) is 7.09. The molecule has 2 aromatic rings. The monoisotopic (exact) mass is 415 g/mol. The zero-order valence-electron chi connectivity index (χ0n) is 13.1. The highest BCUT2D eigenvalue weighted by Crippen LogP contribution is 2.22. The molecule has 4 nitrogen and oxygen atoms in total. The molecule has 0 N–H and O–H groups in total. The van der Waals surface area contributed by atoms with Gasteiger partial charge in [0.25, 0.3) is 0 Å². The Kier molecular flexibility index (Phi) is 5.56. The predicted molar refractivity (Wildman–Crippen MR) is 97.0 cm³/mol. The van der Waals surface area contributed by atoms with Crippen molar-refractivity contribution in [2.75, 3.05) is 6.61 Å². The maximum absolute atomic E-state index is 5.89. The maximum atomic E-state index is 5.89. The van der Waals surface area contributed by atoms with Crippen molar-refractivity contribution in [2.24, 2.45) is 0 Å². The van der Waals surface area contributed by atoms with Crippen LogP contribution in [0.3, 0.4) is 0 Å². The molecule has 2 heterocycles. The van der Waals surface area contributed by atoms with Crippen molar-refractivity contribution in [3.63, 3.8) is 0 Å². The van der Waals surface area contributed by atoms with E-state index in [0.29, 0.717) is 6.73 Å². The Morgan fingerprint density at radius 3 is 2.71 bits per heavy atom. The second-order valence-electron chi connectivity index (χ2n) is 6.33.